The average molecular weight is 230 g/mol. The second-order valence-corrected chi connectivity index (χ2v) is 3.41. The van der Waals surface area contributed by atoms with Crippen molar-refractivity contribution >= 4 is 28.9 Å². The zero-order valence-corrected chi connectivity index (χ0v) is 8.66. The molecule has 1 aromatic rings. The number of diazo groups is 1. The van der Waals surface area contributed by atoms with Crippen molar-refractivity contribution in [2.75, 3.05) is 6.61 Å². The van der Waals surface area contributed by atoms with E-state index < -0.39 is 0 Å². The van der Waals surface area contributed by atoms with Crippen LogP contribution in [0.5, 0.6) is 5.75 Å². The second-order valence-electron chi connectivity index (χ2n) is 2.40. The zero-order valence-electron chi connectivity index (χ0n) is 7.15. The van der Waals surface area contributed by atoms with Crippen molar-refractivity contribution in [1.29, 1.82) is 5.39 Å². The number of nitrogens with zero attached hydrogens (tertiary/aromatic N) is 2. The highest BCUT2D eigenvalue weighted by atomic mass is 35.5. The Morgan fingerprint density at radius 3 is 2.50 bits per heavy atom. The summed E-state index contributed by atoms with van der Waals surface area (Å²) in [7, 11) is 0. The molecule has 0 bridgehead atoms. The molecule has 0 N–H and O–H groups in total. The molecule has 1 rings (SSSR count). The molecule has 0 radical (unpaired) electrons. The fraction of sp³-hybridized carbons (Fsp3) is 0.111. The molecule has 72 valence electrons. The van der Waals surface area contributed by atoms with E-state index in [1.54, 1.807) is 24.3 Å². The number of hydrogen-bond donors (Lipinski definition) is 0. The summed E-state index contributed by atoms with van der Waals surface area (Å²) >= 11 is 10.8. The van der Waals surface area contributed by atoms with Crippen LogP contribution in [0.2, 0.25) is 0 Å². The van der Waals surface area contributed by atoms with Gasteiger partial charge in [-0.15, -0.1) is 0 Å². The first-order valence-corrected chi connectivity index (χ1v) is 4.57. The van der Waals surface area contributed by atoms with Gasteiger partial charge in [-0.05, 0) is 18.2 Å². The second kappa shape index (κ2) is 5.48. The maximum Gasteiger partial charge on any atom is 0.385 e. The molecule has 0 saturated carbocycles. The molecular formula is C9H7Cl2N2O+. The maximum absolute atomic E-state index is 8.42. The lowest BCUT2D eigenvalue weighted by molar-refractivity contribution is 0.363. The first kappa shape index (κ1) is 10.8. The van der Waals surface area contributed by atoms with Gasteiger partial charge in [0.05, 0.1) is 0 Å². The predicted molar refractivity (Wildman–Crippen MR) is 56.5 cm³/mol. The molecular weight excluding hydrogens is 223 g/mol. The minimum Gasteiger partial charge on any atom is -0.489 e. The lowest BCUT2D eigenvalue weighted by atomic mass is 10.3. The van der Waals surface area contributed by atoms with Crippen LogP contribution in [-0.2, 0) is 0 Å². The quantitative estimate of drug-likeness (QED) is 0.739. The topological polar surface area (TPSA) is 37.4 Å². The number of rotatable bonds is 3. The van der Waals surface area contributed by atoms with Gasteiger partial charge in [0.1, 0.15) is 16.8 Å². The van der Waals surface area contributed by atoms with Crippen LogP contribution in [0.1, 0.15) is 0 Å². The molecule has 0 atom stereocenters. The molecule has 14 heavy (non-hydrogen) atoms. The minimum absolute atomic E-state index is 0.173. The van der Waals surface area contributed by atoms with E-state index in [0.29, 0.717) is 18.0 Å². The van der Waals surface area contributed by atoms with Crippen LogP contribution in [0.25, 0.3) is 4.98 Å². The maximum atomic E-state index is 8.42. The highest BCUT2D eigenvalue weighted by Crippen LogP contribution is 2.18. The van der Waals surface area contributed by atoms with Crippen molar-refractivity contribution in [3.05, 3.63) is 39.8 Å². The monoisotopic (exact) mass is 229 g/mol. The van der Waals surface area contributed by atoms with E-state index in [9.17, 15) is 0 Å². The van der Waals surface area contributed by atoms with Crippen LogP contribution in [0.4, 0.5) is 5.69 Å². The average Bonchev–Trinajstić information content (AvgIpc) is 2.18. The van der Waals surface area contributed by atoms with Gasteiger partial charge in [0, 0.05) is 12.1 Å². The third kappa shape index (κ3) is 3.65. The summed E-state index contributed by atoms with van der Waals surface area (Å²) in [5.41, 5.74) is 0.475. The Hall–Kier alpha value is -1.24. The fourth-order valence-electron chi connectivity index (χ4n) is 0.810. The summed E-state index contributed by atoms with van der Waals surface area (Å²) in [6, 6.07) is 6.62. The van der Waals surface area contributed by atoms with E-state index in [1.807, 2.05) is 0 Å². The highest BCUT2D eigenvalue weighted by molar-refractivity contribution is 6.55. The van der Waals surface area contributed by atoms with Gasteiger partial charge in [-0.3, -0.25) is 0 Å². The van der Waals surface area contributed by atoms with Crippen molar-refractivity contribution in [3.8, 4) is 5.75 Å². The summed E-state index contributed by atoms with van der Waals surface area (Å²) in [6.45, 7) is 0.304. The third-order valence-corrected chi connectivity index (χ3v) is 1.75. The van der Waals surface area contributed by atoms with E-state index in [-0.39, 0.29) is 4.49 Å². The van der Waals surface area contributed by atoms with Crippen LogP contribution < -0.4 is 4.74 Å². The van der Waals surface area contributed by atoms with Gasteiger partial charge in [-0.1, -0.05) is 23.2 Å². The van der Waals surface area contributed by atoms with E-state index >= 15 is 0 Å². The molecule has 0 unspecified atom stereocenters. The number of halogens is 2. The molecule has 0 aliphatic rings. The molecule has 0 fully saturated rings. The Labute approximate surface area is 91.5 Å². The normalized spacial score (nSPS) is 8.93. The van der Waals surface area contributed by atoms with Crippen LogP contribution in [0.15, 0.2) is 34.8 Å². The van der Waals surface area contributed by atoms with Gasteiger partial charge in [-0.25, -0.2) is 0 Å². The van der Waals surface area contributed by atoms with Crippen molar-refractivity contribution in [2.24, 2.45) is 0 Å². The molecule has 0 amide bonds. The molecule has 3 nitrogen and oxygen atoms in total. The molecule has 0 aliphatic heterocycles. The third-order valence-electron chi connectivity index (χ3n) is 1.44. The van der Waals surface area contributed by atoms with Crippen molar-refractivity contribution in [3.63, 3.8) is 0 Å². The predicted octanol–water partition coefficient (Wildman–Crippen LogP) is 3.87. The van der Waals surface area contributed by atoms with Gasteiger partial charge in [0.15, 0.2) is 4.98 Å². The Balaban J connectivity index is 2.53. The van der Waals surface area contributed by atoms with Gasteiger partial charge in [0.2, 0.25) is 5.39 Å². The molecule has 0 saturated heterocycles. The van der Waals surface area contributed by atoms with Crippen molar-refractivity contribution in [1.82, 2.24) is 0 Å². The molecule has 0 aliphatic carbocycles. The first-order valence-electron chi connectivity index (χ1n) is 3.81. The summed E-state index contributed by atoms with van der Waals surface area (Å²) < 4.78 is 5.42. The molecule has 0 aromatic heterocycles. The molecule has 1 aromatic carbocycles. The van der Waals surface area contributed by atoms with Crippen LogP contribution in [0, 0.1) is 5.39 Å². The van der Waals surface area contributed by atoms with Gasteiger partial charge in [-0.2, -0.15) is 0 Å². The summed E-state index contributed by atoms with van der Waals surface area (Å²) in [6.07, 6.45) is 1.54. The summed E-state index contributed by atoms with van der Waals surface area (Å²) in [5, 5.41) is 8.42. The first-order chi connectivity index (χ1) is 6.72. The summed E-state index contributed by atoms with van der Waals surface area (Å²) in [5.74, 6) is 0.656. The van der Waals surface area contributed by atoms with E-state index in [4.69, 9.17) is 33.3 Å². The SMILES string of the molecule is N#[N+]c1ccc(OCC=C(Cl)Cl)cc1. The standard InChI is InChI=1S/C9H7Cl2N2O/c10-9(11)5-6-14-8-3-1-7(13-12)2-4-8/h1-5H,6H2/q+1. The Kier molecular flexibility index (Phi) is 4.24. The largest absolute Gasteiger partial charge is 0.489 e. The van der Waals surface area contributed by atoms with Gasteiger partial charge < -0.3 is 4.74 Å². The van der Waals surface area contributed by atoms with E-state index in [0.717, 1.165) is 0 Å². The highest BCUT2D eigenvalue weighted by Gasteiger charge is 2.02. The van der Waals surface area contributed by atoms with E-state index in [1.165, 1.54) is 6.08 Å². The number of ether oxygens (including phenoxy) is 1. The van der Waals surface area contributed by atoms with Crippen LogP contribution in [0.3, 0.4) is 0 Å². The Morgan fingerprint density at radius 1 is 1.36 bits per heavy atom. The Morgan fingerprint density at radius 2 is 2.00 bits per heavy atom. The summed E-state index contributed by atoms with van der Waals surface area (Å²) in [4.78, 5) is 3.01. The van der Waals surface area contributed by atoms with Gasteiger partial charge in [0.25, 0.3) is 0 Å². The number of benzene rings is 1. The number of hydrogen-bond acceptors (Lipinski definition) is 2. The fourth-order valence-corrected chi connectivity index (χ4v) is 0.936. The minimum atomic E-state index is 0.173. The van der Waals surface area contributed by atoms with Crippen molar-refractivity contribution < 1.29 is 4.74 Å². The molecule has 0 heterocycles. The van der Waals surface area contributed by atoms with Crippen LogP contribution >= 0.6 is 23.2 Å². The van der Waals surface area contributed by atoms with Gasteiger partial charge >= 0.3 is 5.69 Å². The zero-order chi connectivity index (χ0) is 10.4. The molecule has 5 heteroatoms. The van der Waals surface area contributed by atoms with E-state index in [2.05, 4.69) is 4.98 Å². The smallest absolute Gasteiger partial charge is 0.385 e. The molecule has 0 spiro atoms. The lowest BCUT2D eigenvalue weighted by Crippen LogP contribution is -1.92. The van der Waals surface area contributed by atoms with Crippen molar-refractivity contribution in [2.45, 2.75) is 0 Å². The Bertz CT molecular complexity index is 363. The lowest BCUT2D eigenvalue weighted by Gasteiger charge is -2.00. The van der Waals surface area contributed by atoms with Crippen LogP contribution in [-0.4, -0.2) is 6.61 Å².